The number of nitrogens with zero attached hydrogens (tertiary/aromatic N) is 1. The summed E-state index contributed by atoms with van der Waals surface area (Å²) in [5.41, 5.74) is 3.08. The van der Waals surface area contributed by atoms with Gasteiger partial charge in [0.15, 0.2) is 5.11 Å². The van der Waals surface area contributed by atoms with E-state index in [2.05, 4.69) is 10.6 Å². The van der Waals surface area contributed by atoms with Gasteiger partial charge in [-0.3, -0.25) is 4.79 Å². The molecule has 0 fully saturated rings. The molecule has 2 N–H and O–H groups in total. The third-order valence-corrected chi connectivity index (χ3v) is 5.86. The molecule has 0 spiro atoms. The first-order chi connectivity index (χ1) is 15.2. The van der Waals surface area contributed by atoms with Crippen molar-refractivity contribution in [1.29, 1.82) is 0 Å². The molecule has 1 unspecified atom stereocenters. The molecule has 3 rings (SSSR count). The normalized spacial score (nSPS) is 16.1. The summed E-state index contributed by atoms with van der Waals surface area (Å²) in [5, 5.41) is 6.96. The fourth-order valence-corrected chi connectivity index (χ4v) is 3.75. The van der Waals surface area contributed by atoms with Gasteiger partial charge in [-0.25, -0.2) is 4.79 Å². The van der Waals surface area contributed by atoms with Crippen molar-refractivity contribution in [2.75, 3.05) is 19.0 Å². The zero-order valence-electron chi connectivity index (χ0n) is 18.4. The van der Waals surface area contributed by atoms with Crippen molar-refractivity contribution in [2.24, 2.45) is 5.92 Å². The van der Waals surface area contributed by atoms with E-state index in [0.717, 1.165) is 11.3 Å². The second-order valence-electron chi connectivity index (χ2n) is 7.99. The second-order valence-corrected chi connectivity index (χ2v) is 8.78. The first-order valence-electron chi connectivity index (χ1n) is 10.3. The van der Waals surface area contributed by atoms with E-state index >= 15 is 0 Å². The van der Waals surface area contributed by atoms with Crippen molar-refractivity contribution in [2.45, 2.75) is 26.8 Å². The van der Waals surface area contributed by atoms with Crippen LogP contribution in [0.5, 0.6) is 0 Å². The average molecular weight is 472 g/mol. The summed E-state index contributed by atoms with van der Waals surface area (Å²) in [6, 6.07) is 13.7. The smallest absolute Gasteiger partial charge is 0.338 e. The third-order valence-electron chi connectivity index (χ3n) is 5.14. The number of benzene rings is 2. The van der Waals surface area contributed by atoms with E-state index < -0.39 is 6.04 Å². The molecule has 2 aromatic rings. The molecule has 2 aromatic carbocycles. The van der Waals surface area contributed by atoms with Gasteiger partial charge in [-0.05, 0) is 54.9 Å². The molecule has 1 aliphatic rings. The molecular weight excluding hydrogens is 446 g/mol. The third kappa shape index (κ3) is 5.29. The number of amides is 1. The van der Waals surface area contributed by atoms with Crippen LogP contribution < -0.4 is 10.6 Å². The number of ether oxygens (including phenoxy) is 1. The van der Waals surface area contributed by atoms with Gasteiger partial charge in [-0.1, -0.05) is 49.7 Å². The molecule has 1 amide bonds. The molecule has 1 aliphatic heterocycles. The summed E-state index contributed by atoms with van der Waals surface area (Å²) < 4.78 is 5.51. The molecule has 0 aliphatic carbocycles. The van der Waals surface area contributed by atoms with Crippen LogP contribution in [0.3, 0.4) is 0 Å². The standard InChI is InChI=1S/C24H26ClN3O3S/c1-14(2)13-31-23(30)20-15(3)28(4)24(32)27-21(20)16-9-11-17(12-10-16)26-22(29)18-7-5-6-8-19(18)25/h5-12,14,21H,13H2,1-4H3,(H,26,29)(H,27,32). The minimum Gasteiger partial charge on any atom is -0.462 e. The molecule has 8 heteroatoms. The Hall–Kier alpha value is -2.90. The van der Waals surface area contributed by atoms with Crippen LogP contribution in [-0.4, -0.2) is 35.5 Å². The number of allylic oxidation sites excluding steroid dienone is 1. The van der Waals surface area contributed by atoms with Crippen molar-refractivity contribution >= 4 is 46.5 Å². The number of thiocarbonyl (C=S) groups is 1. The minimum absolute atomic E-state index is 0.231. The van der Waals surface area contributed by atoms with Gasteiger partial charge in [-0.15, -0.1) is 0 Å². The molecule has 0 radical (unpaired) electrons. The Morgan fingerprint density at radius 1 is 1.19 bits per heavy atom. The molecule has 0 aromatic heterocycles. The highest BCUT2D eigenvalue weighted by Gasteiger charge is 2.33. The van der Waals surface area contributed by atoms with Crippen molar-refractivity contribution < 1.29 is 14.3 Å². The lowest BCUT2D eigenvalue weighted by atomic mass is 9.95. The van der Waals surface area contributed by atoms with E-state index in [0.29, 0.717) is 33.6 Å². The van der Waals surface area contributed by atoms with Crippen molar-refractivity contribution in [3.63, 3.8) is 0 Å². The molecule has 1 atom stereocenters. The molecule has 0 saturated carbocycles. The molecule has 0 bridgehead atoms. The van der Waals surface area contributed by atoms with Gasteiger partial charge in [0.2, 0.25) is 0 Å². The number of hydrogen-bond acceptors (Lipinski definition) is 4. The summed E-state index contributed by atoms with van der Waals surface area (Å²) in [4.78, 5) is 27.2. The molecular formula is C24H26ClN3O3S. The quantitative estimate of drug-likeness (QED) is 0.460. The lowest BCUT2D eigenvalue weighted by Gasteiger charge is -2.35. The SMILES string of the molecule is CC1=C(C(=O)OCC(C)C)C(c2ccc(NC(=O)c3ccccc3Cl)cc2)NC(=S)N1C. The number of halogens is 1. The summed E-state index contributed by atoms with van der Waals surface area (Å²) in [5.74, 6) is -0.440. The fraction of sp³-hybridized carbons (Fsp3) is 0.292. The monoisotopic (exact) mass is 471 g/mol. The van der Waals surface area contributed by atoms with Crippen LogP contribution in [0.4, 0.5) is 5.69 Å². The molecule has 32 heavy (non-hydrogen) atoms. The molecule has 0 saturated heterocycles. The van der Waals surface area contributed by atoms with Crippen molar-refractivity contribution in [3.8, 4) is 0 Å². The molecule has 168 valence electrons. The minimum atomic E-state index is -0.452. The highest BCUT2D eigenvalue weighted by molar-refractivity contribution is 7.80. The van der Waals surface area contributed by atoms with Gasteiger partial charge in [-0.2, -0.15) is 0 Å². The highest BCUT2D eigenvalue weighted by atomic mass is 35.5. The van der Waals surface area contributed by atoms with Gasteiger partial charge in [0, 0.05) is 18.4 Å². The molecule has 6 nitrogen and oxygen atoms in total. The second kappa shape index (κ2) is 10.1. The van der Waals surface area contributed by atoms with E-state index in [9.17, 15) is 9.59 Å². The Labute approximate surface area is 198 Å². The Balaban J connectivity index is 1.83. The fourth-order valence-electron chi connectivity index (χ4n) is 3.27. The number of anilines is 1. The predicted octanol–water partition coefficient (Wildman–Crippen LogP) is 4.93. The maximum Gasteiger partial charge on any atom is 0.338 e. The van der Waals surface area contributed by atoms with E-state index in [1.807, 2.05) is 40.0 Å². The Morgan fingerprint density at radius 2 is 1.84 bits per heavy atom. The van der Waals surface area contributed by atoms with E-state index in [-0.39, 0.29) is 17.8 Å². The number of rotatable bonds is 6. The van der Waals surface area contributed by atoms with E-state index in [4.69, 9.17) is 28.6 Å². The maximum atomic E-state index is 12.9. The maximum absolute atomic E-state index is 12.9. The van der Waals surface area contributed by atoms with Crippen LogP contribution in [0.15, 0.2) is 59.8 Å². The lowest BCUT2D eigenvalue weighted by molar-refractivity contribution is -0.140. The number of hydrogen-bond donors (Lipinski definition) is 2. The Bertz CT molecular complexity index is 1070. The van der Waals surface area contributed by atoms with Crippen LogP contribution in [0.1, 0.15) is 42.7 Å². The van der Waals surface area contributed by atoms with Gasteiger partial charge >= 0.3 is 5.97 Å². The Kier molecular flexibility index (Phi) is 7.53. The molecule has 1 heterocycles. The highest BCUT2D eigenvalue weighted by Crippen LogP contribution is 2.31. The Morgan fingerprint density at radius 3 is 2.47 bits per heavy atom. The predicted molar refractivity (Wildman–Crippen MR) is 131 cm³/mol. The van der Waals surface area contributed by atoms with E-state index in [1.54, 1.807) is 41.3 Å². The first kappa shape index (κ1) is 23.8. The number of carbonyl (C=O) groups is 2. The largest absolute Gasteiger partial charge is 0.462 e. The van der Waals surface area contributed by atoms with Crippen LogP contribution in [0.25, 0.3) is 0 Å². The topological polar surface area (TPSA) is 70.7 Å². The zero-order chi connectivity index (χ0) is 23.4. The number of nitrogens with one attached hydrogen (secondary N) is 2. The zero-order valence-corrected chi connectivity index (χ0v) is 20.0. The van der Waals surface area contributed by atoms with Crippen molar-refractivity contribution in [3.05, 3.63) is 76.0 Å². The van der Waals surface area contributed by atoms with Crippen molar-refractivity contribution in [1.82, 2.24) is 10.2 Å². The van der Waals surface area contributed by atoms with Crippen LogP contribution in [0, 0.1) is 5.92 Å². The van der Waals surface area contributed by atoms with Crippen LogP contribution in [0.2, 0.25) is 5.02 Å². The first-order valence-corrected chi connectivity index (χ1v) is 11.1. The van der Waals surface area contributed by atoms with Gasteiger partial charge in [0.25, 0.3) is 5.91 Å². The van der Waals surface area contributed by atoms with E-state index in [1.165, 1.54) is 0 Å². The summed E-state index contributed by atoms with van der Waals surface area (Å²) >= 11 is 11.5. The van der Waals surface area contributed by atoms with Gasteiger partial charge in [0.1, 0.15) is 0 Å². The number of esters is 1. The van der Waals surface area contributed by atoms with Crippen LogP contribution in [-0.2, 0) is 9.53 Å². The average Bonchev–Trinajstić information content (AvgIpc) is 2.76. The summed E-state index contributed by atoms with van der Waals surface area (Å²) in [6.07, 6.45) is 0. The number of carbonyl (C=O) groups excluding carboxylic acids is 2. The van der Waals surface area contributed by atoms with Crippen LogP contribution >= 0.6 is 23.8 Å². The van der Waals surface area contributed by atoms with Gasteiger partial charge in [0.05, 0.1) is 28.8 Å². The van der Waals surface area contributed by atoms with Gasteiger partial charge < -0.3 is 20.3 Å². The lowest BCUT2D eigenvalue weighted by Crippen LogP contribution is -2.46. The summed E-state index contributed by atoms with van der Waals surface area (Å²) in [6.45, 7) is 6.16. The summed E-state index contributed by atoms with van der Waals surface area (Å²) in [7, 11) is 1.81.